The van der Waals surface area contributed by atoms with Gasteiger partial charge in [-0.05, 0) is 31.4 Å². The molecule has 1 aromatic carbocycles. The zero-order chi connectivity index (χ0) is 18.7. The van der Waals surface area contributed by atoms with E-state index >= 15 is 0 Å². The fraction of sp³-hybridized carbons (Fsp3) is 0.591. The second-order valence-corrected chi connectivity index (χ2v) is 9.05. The molecule has 0 radical (unpaired) electrons. The van der Waals surface area contributed by atoms with Crippen LogP contribution < -0.4 is 4.90 Å². The van der Waals surface area contributed by atoms with Crippen LogP contribution in [0.15, 0.2) is 35.9 Å². The van der Waals surface area contributed by atoms with E-state index in [0.29, 0.717) is 6.04 Å². The quantitative estimate of drug-likeness (QED) is 0.606. The zero-order valence-electron chi connectivity index (χ0n) is 16.1. The van der Waals surface area contributed by atoms with E-state index in [2.05, 4.69) is 54.1 Å². The summed E-state index contributed by atoms with van der Waals surface area (Å²) in [4.78, 5) is 18.2. The van der Waals surface area contributed by atoms with Crippen molar-refractivity contribution >= 4 is 11.7 Å². The number of ether oxygens (including phenoxy) is 1. The van der Waals surface area contributed by atoms with Crippen LogP contribution in [0, 0.1) is 11.3 Å². The monoisotopic (exact) mass is 366 g/mol. The van der Waals surface area contributed by atoms with E-state index in [9.17, 15) is 9.90 Å². The first-order valence-electron chi connectivity index (χ1n) is 10.0. The minimum Gasteiger partial charge on any atom is -0.468 e. The van der Waals surface area contributed by atoms with Gasteiger partial charge in [-0.3, -0.25) is 9.69 Å². The van der Waals surface area contributed by atoms with Gasteiger partial charge < -0.3 is 14.7 Å². The number of allylic oxidation sites excluding steroid dienone is 1. The average Bonchev–Trinajstić information content (AvgIpc) is 3.08. The van der Waals surface area contributed by atoms with Crippen LogP contribution in [-0.2, 0) is 14.9 Å². The largest absolute Gasteiger partial charge is 0.468 e. The number of aliphatic hydroxyl groups excluding tert-OH is 1. The smallest absolute Gasteiger partial charge is 0.316 e. The molecule has 7 rings (SSSR count). The van der Waals surface area contributed by atoms with Crippen LogP contribution in [0.4, 0.5) is 5.69 Å². The first kappa shape index (κ1) is 16.1. The summed E-state index contributed by atoms with van der Waals surface area (Å²) in [6.45, 7) is 2.97. The van der Waals surface area contributed by atoms with Crippen LogP contribution in [0.1, 0.15) is 25.3 Å². The van der Waals surface area contributed by atoms with Gasteiger partial charge in [0.25, 0.3) is 0 Å². The molecule has 1 saturated carbocycles. The molecule has 8 atom stereocenters. The van der Waals surface area contributed by atoms with Gasteiger partial charge in [0.05, 0.1) is 19.3 Å². The van der Waals surface area contributed by atoms with Crippen molar-refractivity contribution < 1.29 is 14.6 Å². The molecule has 4 saturated heterocycles. The molecule has 0 aromatic heterocycles. The molecule has 1 spiro atoms. The number of carbonyl (C=O) groups excluding carboxylic acids is 1. The number of fused-ring (bicyclic) bond motifs is 2. The Labute approximate surface area is 159 Å². The number of nitrogens with zero attached hydrogens (tertiary/aromatic N) is 2. The van der Waals surface area contributed by atoms with Crippen molar-refractivity contribution in [2.75, 3.05) is 25.6 Å². The minimum atomic E-state index is -0.849. The van der Waals surface area contributed by atoms with Crippen LogP contribution >= 0.6 is 0 Å². The molecule has 5 heterocycles. The Morgan fingerprint density at radius 2 is 2.15 bits per heavy atom. The van der Waals surface area contributed by atoms with Crippen LogP contribution in [-0.4, -0.2) is 60.9 Å². The molecule has 5 fully saturated rings. The average molecular weight is 366 g/mol. The lowest BCUT2D eigenvalue weighted by atomic mass is 9.58. The standard InChI is InChI=1S/C22H26N2O3/c1-4-12-11-24-16-9-14(12)22(20(26)27-3)17(24)10-21(19(22)25)13-7-5-6-8-15(13)23(2)18(16)21/h4-8,14,16-19,25H,9-11H2,1-3H3/t14-,16-,17-,18+,19?,21+,22-/m0/s1. The van der Waals surface area contributed by atoms with E-state index < -0.39 is 11.5 Å². The van der Waals surface area contributed by atoms with Crippen molar-refractivity contribution in [1.82, 2.24) is 4.90 Å². The number of hydrogen-bond donors (Lipinski definition) is 1. The maximum absolute atomic E-state index is 13.3. The summed E-state index contributed by atoms with van der Waals surface area (Å²) >= 11 is 0. The van der Waals surface area contributed by atoms with Gasteiger partial charge in [-0.2, -0.15) is 0 Å². The number of aliphatic hydroxyl groups is 1. The summed E-state index contributed by atoms with van der Waals surface area (Å²) in [5.41, 5.74) is 2.48. The Morgan fingerprint density at radius 1 is 1.37 bits per heavy atom. The topological polar surface area (TPSA) is 53.0 Å². The normalized spacial score (nSPS) is 49.5. The molecule has 5 heteroatoms. The molecule has 1 N–H and O–H groups in total. The van der Waals surface area contributed by atoms with Crippen LogP contribution in [0.25, 0.3) is 0 Å². The van der Waals surface area contributed by atoms with E-state index in [0.717, 1.165) is 19.4 Å². The molecular formula is C22H26N2O3. The number of methoxy groups -OCH3 is 1. The second-order valence-electron chi connectivity index (χ2n) is 9.05. The van der Waals surface area contributed by atoms with Crippen molar-refractivity contribution in [2.24, 2.45) is 11.3 Å². The summed E-state index contributed by atoms with van der Waals surface area (Å²) < 4.78 is 5.37. The van der Waals surface area contributed by atoms with Crippen LogP contribution in [0.2, 0.25) is 0 Å². The minimum absolute atomic E-state index is 0.0585. The lowest BCUT2D eigenvalue weighted by Crippen LogP contribution is -2.71. The lowest BCUT2D eigenvalue weighted by Gasteiger charge is -2.61. The molecule has 5 aliphatic heterocycles. The molecule has 5 nitrogen and oxygen atoms in total. The zero-order valence-corrected chi connectivity index (χ0v) is 16.1. The summed E-state index contributed by atoms with van der Waals surface area (Å²) in [6.07, 6.45) is 3.19. The molecule has 1 aromatic rings. The highest BCUT2D eigenvalue weighted by Gasteiger charge is 2.82. The number of piperidine rings is 4. The van der Waals surface area contributed by atoms with Gasteiger partial charge in [0, 0.05) is 42.7 Å². The van der Waals surface area contributed by atoms with E-state index in [1.165, 1.54) is 23.9 Å². The Bertz CT molecular complexity index is 897. The third kappa shape index (κ3) is 1.40. The number of carbonyl (C=O) groups is 1. The van der Waals surface area contributed by atoms with Gasteiger partial charge in [-0.15, -0.1) is 0 Å². The molecular weight excluding hydrogens is 340 g/mol. The Kier molecular flexibility index (Phi) is 2.84. The summed E-state index contributed by atoms with van der Waals surface area (Å²) in [6, 6.07) is 9.09. The Balaban J connectivity index is 1.67. The predicted molar refractivity (Wildman–Crippen MR) is 102 cm³/mol. The number of esters is 1. The first-order valence-corrected chi connectivity index (χ1v) is 10.0. The molecule has 142 valence electrons. The fourth-order valence-electron chi connectivity index (χ4n) is 7.97. The van der Waals surface area contributed by atoms with E-state index in [1.807, 2.05) is 0 Å². The summed E-state index contributed by atoms with van der Waals surface area (Å²) in [5.74, 6) is -0.146. The molecule has 27 heavy (non-hydrogen) atoms. The SMILES string of the molecule is CC=C1CN2[C@H]3C[C@@]45c6ccccc6N(C)[C@@H]4[C@@H]2C[C@@H]1[C@@]3(C(=O)OC)C5O. The number of hydrogen-bond acceptors (Lipinski definition) is 5. The van der Waals surface area contributed by atoms with Gasteiger partial charge in [0.15, 0.2) is 0 Å². The van der Waals surface area contributed by atoms with Crippen molar-refractivity contribution in [3.05, 3.63) is 41.5 Å². The maximum atomic E-state index is 13.3. The summed E-state index contributed by atoms with van der Waals surface area (Å²) in [7, 11) is 3.63. The highest BCUT2D eigenvalue weighted by atomic mass is 16.5. The van der Waals surface area contributed by atoms with Crippen molar-refractivity contribution in [3.8, 4) is 0 Å². The number of anilines is 1. The van der Waals surface area contributed by atoms with Crippen molar-refractivity contribution in [2.45, 2.75) is 49.4 Å². The molecule has 2 unspecified atom stereocenters. The highest BCUT2D eigenvalue weighted by Crippen LogP contribution is 2.72. The molecule has 0 amide bonds. The second kappa shape index (κ2) is 4.76. The van der Waals surface area contributed by atoms with Gasteiger partial charge in [0.2, 0.25) is 0 Å². The van der Waals surface area contributed by atoms with Gasteiger partial charge in [-0.1, -0.05) is 29.8 Å². The predicted octanol–water partition coefficient (Wildman–Crippen LogP) is 1.70. The van der Waals surface area contributed by atoms with E-state index in [-0.39, 0.29) is 29.4 Å². The number of benzene rings is 1. The van der Waals surface area contributed by atoms with Gasteiger partial charge in [0.1, 0.15) is 5.41 Å². The number of para-hydroxylation sites is 1. The third-order valence-electron chi connectivity index (χ3n) is 8.72. The first-order chi connectivity index (χ1) is 13.0. The van der Waals surface area contributed by atoms with Gasteiger partial charge >= 0.3 is 5.97 Å². The van der Waals surface area contributed by atoms with Crippen molar-refractivity contribution in [3.63, 3.8) is 0 Å². The van der Waals surface area contributed by atoms with E-state index in [4.69, 9.17) is 4.74 Å². The third-order valence-corrected chi connectivity index (χ3v) is 8.72. The fourth-order valence-corrected chi connectivity index (χ4v) is 7.97. The van der Waals surface area contributed by atoms with E-state index in [1.54, 1.807) is 0 Å². The summed E-state index contributed by atoms with van der Waals surface area (Å²) in [5, 5.41) is 12.0. The number of likely N-dealkylation sites (N-methyl/N-ethyl adjacent to an activating group) is 1. The molecule has 1 aliphatic carbocycles. The number of rotatable bonds is 1. The Morgan fingerprint density at radius 3 is 2.89 bits per heavy atom. The molecule has 5 bridgehead atoms. The van der Waals surface area contributed by atoms with Crippen LogP contribution in [0.3, 0.4) is 0 Å². The highest BCUT2D eigenvalue weighted by molar-refractivity contribution is 5.84. The molecule has 6 aliphatic rings. The lowest BCUT2D eigenvalue weighted by molar-refractivity contribution is -0.179. The maximum Gasteiger partial charge on any atom is 0.316 e. The van der Waals surface area contributed by atoms with Crippen LogP contribution in [0.5, 0.6) is 0 Å². The Hall–Kier alpha value is -1.85. The van der Waals surface area contributed by atoms with Gasteiger partial charge in [-0.25, -0.2) is 0 Å². The van der Waals surface area contributed by atoms with Crippen molar-refractivity contribution in [1.29, 1.82) is 0 Å².